The number of hydrogen-bond acceptors (Lipinski definition) is 11. The quantitative estimate of drug-likeness (QED) is 0.0228. The lowest BCUT2D eigenvalue weighted by Gasteiger charge is -2.40. The number of carbonyl (C=O) groups is 4. The minimum atomic E-state index is -1.93. The largest absolute Gasteiger partial charge is 0.479 e. The van der Waals surface area contributed by atoms with Crippen LogP contribution >= 0.6 is 0 Å². The average Bonchev–Trinajstić information content (AvgIpc) is 3.42. The van der Waals surface area contributed by atoms with E-state index < -0.39 is 67.3 Å². The molecule has 6 atom stereocenters. The summed E-state index contributed by atoms with van der Waals surface area (Å²) in [5.74, 6) is -3.25. The lowest BCUT2D eigenvalue weighted by Crippen LogP contribution is -2.61. The summed E-state index contributed by atoms with van der Waals surface area (Å²) in [4.78, 5) is 51.1. The third-order valence-electron chi connectivity index (χ3n) is 12.2. The predicted molar refractivity (Wildman–Crippen MR) is 312 cm³/mol. The van der Waals surface area contributed by atoms with Gasteiger partial charge in [0.1, 0.15) is 18.8 Å². The van der Waals surface area contributed by atoms with Crippen LogP contribution in [-0.2, 0) is 42.9 Å². The maximum atomic E-state index is 13.1. The van der Waals surface area contributed by atoms with Gasteiger partial charge in [-0.1, -0.05) is 187 Å². The molecule has 0 saturated carbocycles. The van der Waals surface area contributed by atoms with Gasteiger partial charge in [-0.05, 0) is 128 Å². The third kappa shape index (κ3) is 41.6. The number of aliphatic hydroxyl groups is 2. The second kappa shape index (κ2) is 51.6. The predicted octanol–water partition coefficient (Wildman–Crippen LogP) is 15.0. The Hall–Kier alpha value is -5.14. The SMILES string of the molecule is CC/C=C\C/C=C\C/C=C\C/C=C\CCCCCCC(=O)OCC(COC1OC(C(=O)O)C(O)C(O)C1OC(=O)CCCC/C=C\C/C=C\C/C=C\C/C=C\CC)OC(=O)CCCCCCC/C=C\C/C=C\C/C=C\CC. The minimum Gasteiger partial charge on any atom is -0.479 e. The summed E-state index contributed by atoms with van der Waals surface area (Å²) >= 11 is 0. The van der Waals surface area contributed by atoms with Crippen LogP contribution in [0.15, 0.2) is 134 Å². The summed E-state index contributed by atoms with van der Waals surface area (Å²) in [5.41, 5.74) is 0. The van der Waals surface area contributed by atoms with Gasteiger partial charge >= 0.3 is 23.9 Å². The highest BCUT2D eigenvalue weighted by atomic mass is 16.7. The van der Waals surface area contributed by atoms with Crippen LogP contribution in [0.2, 0.25) is 0 Å². The number of unbranched alkanes of at least 4 members (excludes halogenated alkanes) is 11. The number of rotatable bonds is 47. The topological polar surface area (TPSA) is 175 Å². The van der Waals surface area contributed by atoms with Gasteiger partial charge in [0, 0.05) is 19.3 Å². The molecule has 6 unspecified atom stereocenters. The number of aliphatic carboxylic acids is 1. The van der Waals surface area contributed by atoms with E-state index in [1.807, 2.05) is 0 Å². The molecule has 0 radical (unpaired) electrons. The second-order valence-electron chi connectivity index (χ2n) is 19.1. The highest BCUT2D eigenvalue weighted by Gasteiger charge is 2.50. The van der Waals surface area contributed by atoms with Crippen molar-refractivity contribution in [3.8, 4) is 0 Å². The molecule has 1 rings (SSSR count). The fourth-order valence-corrected chi connectivity index (χ4v) is 7.83. The molecule has 0 amide bonds. The first-order chi connectivity index (χ1) is 37.6. The molecule has 0 aliphatic carbocycles. The zero-order valence-electron chi connectivity index (χ0n) is 47.4. The van der Waals surface area contributed by atoms with Crippen molar-refractivity contribution < 1.29 is 58.2 Å². The molecule has 1 heterocycles. The van der Waals surface area contributed by atoms with E-state index in [4.69, 9.17) is 23.7 Å². The number of carboxylic acid groups (broad SMARTS) is 1. The Kier molecular flexibility index (Phi) is 46.8. The Morgan fingerprint density at radius 2 is 0.779 bits per heavy atom. The zero-order valence-corrected chi connectivity index (χ0v) is 47.4. The number of hydrogen-bond donors (Lipinski definition) is 3. The molecule has 0 aromatic heterocycles. The molecule has 12 heteroatoms. The van der Waals surface area contributed by atoms with Crippen molar-refractivity contribution in [3.63, 3.8) is 0 Å². The van der Waals surface area contributed by atoms with Gasteiger partial charge in [-0.25, -0.2) is 4.79 Å². The number of carbonyl (C=O) groups excluding carboxylic acids is 3. The standard InChI is InChI=1S/C65H100O12/c1-4-7-10-13-16-19-22-25-28-29-32-33-36-39-42-45-48-51-57(66)73-54-56(75-58(67)52-49-46-43-40-37-34-30-26-23-20-17-14-11-8-5-2)55-74-65-63(61(70)60(69)62(77-65)64(71)72)76-59(68)53-50-47-44-41-38-35-31-27-24-21-18-15-12-9-6-3/h7-12,16-21,25-28,30-33,38,41,56,60-63,65,69-70H,4-6,13-15,22-24,29,34-37,39-40,42-55H2,1-3H3,(H,71,72)/b10-7-,11-8-,12-9-,19-16-,20-17-,21-18-,28-25-,30-26-,31-27-,33-32-,41-38-. The van der Waals surface area contributed by atoms with Crippen molar-refractivity contribution in [1.29, 1.82) is 0 Å². The molecule has 1 saturated heterocycles. The van der Waals surface area contributed by atoms with Crippen LogP contribution in [0, 0.1) is 0 Å². The van der Waals surface area contributed by atoms with Crippen LogP contribution in [0.3, 0.4) is 0 Å². The van der Waals surface area contributed by atoms with Gasteiger partial charge in [-0.3, -0.25) is 14.4 Å². The van der Waals surface area contributed by atoms with Crippen molar-refractivity contribution in [3.05, 3.63) is 134 Å². The average molecular weight is 1070 g/mol. The van der Waals surface area contributed by atoms with Crippen LogP contribution in [0.4, 0.5) is 0 Å². The van der Waals surface area contributed by atoms with E-state index >= 15 is 0 Å². The summed E-state index contributed by atoms with van der Waals surface area (Å²) in [5, 5.41) is 31.5. The molecular formula is C65H100O12. The van der Waals surface area contributed by atoms with E-state index in [9.17, 15) is 34.5 Å². The zero-order chi connectivity index (χ0) is 56.1. The Bertz CT molecular complexity index is 1850. The summed E-state index contributed by atoms with van der Waals surface area (Å²) in [6.07, 6.45) is 59.9. The van der Waals surface area contributed by atoms with E-state index in [2.05, 4.69) is 154 Å². The summed E-state index contributed by atoms with van der Waals surface area (Å²) in [6, 6.07) is 0. The first-order valence-corrected chi connectivity index (χ1v) is 29.2. The number of carboxylic acids is 1. The lowest BCUT2D eigenvalue weighted by atomic mass is 9.98. The molecule has 0 spiro atoms. The molecule has 12 nitrogen and oxygen atoms in total. The van der Waals surface area contributed by atoms with Gasteiger partial charge in [0.05, 0.1) is 6.61 Å². The highest BCUT2D eigenvalue weighted by molar-refractivity contribution is 5.74. The fourth-order valence-electron chi connectivity index (χ4n) is 7.83. The monoisotopic (exact) mass is 1070 g/mol. The van der Waals surface area contributed by atoms with Crippen LogP contribution in [-0.4, -0.2) is 89.2 Å². The molecule has 0 aromatic carbocycles. The normalized spacial score (nSPS) is 19.0. The molecule has 0 bridgehead atoms. The first-order valence-electron chi connectivity index (χ1n) is 29.2. The Morgan fingerprint density at radius 3 is 1.21 bits per heavy atom. The maximum Gasteiger partial charge on any atom is 0.335 e. The smallest absolute Gasteiger partial charge is 0.335 e. The van der Waals surface area contributed by atoms with E-state index in [0.717, 1.165) is 135 Å². The third-order valence-corrected chi connectivity index (χ3v) is 12.2. The van der Waals surface area contributed by atoms with Crippen LogP contribution in [0.1, 0.15) is 201 Å². The number of aliphatic hydroxyl groups excluding tert-OH is 2. The maximum absolute atomic E-state index is 13.1. The van der Waals surface area contributed by atoms with Crippen molar-refractivity contribution in [2.75, 3.05) is 13.2 Å². The van der Waals surface area contributed by atoms with E-state index in [0.29, 0.717) is 25.7 Å². The molecule has 1 fully saturated rings. The summed E-state index contributed by atoms with van der Waals surface area (Å²) in [7, 11) is 0. The molecule has 3 N–H and O–H groups in total. The minimum absolute atomic E-state index is 0.00408. The van der Waals surface area contributed by atoms with Gasteiger partial charge in [0.25, 0.3) is 0 Å². The number of allylic oxidation sites excluding steroid dienone is 22. The molecule has 432 valence electrons. The Balaban J connectivity index is 2.76. The Labute approximate surface area is 464 Å². The van der Waals surface area contributed by atoms with Gasteiger partial charge in [-0.15, -0.1) is 0 Å². The van der Waals surface area contributed by atoms with Crippen molar-refractivity contribution in [2.24, 2.45) is 0 Å². The fraction of sp³-hybridized carbons (Fsp3) is 0.600. The van der Waals surface area contributed by atoms with Crippen molar-refractivity contribution in [2.45, 2.75) is 237 Å². The van der Waals surface area contributed by atoms with Crippen LogP contribution in [0.5, 0.6) is 0 Å². The van der Waals surface area contributed by atoms with Crippen molar-refractivity contribution in [1.82, 2.24) is 0 Å². The highest BCUT2D eigenvalue weighted by Crippen LogP contribution is 2.26. The van der Waals surface area contributed by atoms with Crippen molar-refractivity contribution >= 4 is 23.9 Å². The number of ether oxygens (including phenoxy) is 5. The first kappa shape index (κ1) is 69.9. The summed E-state index contributed by atoms with van der Waals surface area (Å²) < 4.78 is 28.3. The van der Waals surface area contributed by atoms with Gasteiger partial charge in [-0.2, -0.15) is 0 Å². The molecule has 77 heavy (non-hydrogen) atoms. The van der Waals surface area contributed by atoms with Gasteiger partial charge in [0.15, 0.2) is 24.6 Å². The van der Waals surface area contributed by atoms with E-state index in [1.54, 1.807) is 0 Å². The van der Waals surface area contributed by atoms with E-state index in [-0.39, 0.29) is 25.9 Å². The van der Waals surface area contributed by atoms with E-state index in [1.165, 1.54) is 0 Å². The molecular weight excluding hydrogens is 973 g/mol. The lowest BCUT2D eigenvalue weighted by molar-refractivity contribution is -0.301. The number of esters is 3. The molecule has 1 aliphatic heterocycles. The molecule has 1 aliphatic rings. The summed E-state index contributed by atoms with van der Waals surface area (Å²) in [6.45, 7) is 5.58. The van der Waals surface area contributed by atoms with Gasteiger partial charge in [0.2, 0.25) is 0 Å². The second-order valence-corrected chi connectivity index (χ2v) is 19.1. The van der Waals surface area contributed by atoms with Crippen LogP contribution < -0.4 is 0 Å². The van der Waals surface area contributed by atoms with Crippen LogP contribution in [0.25, 0.3) is 0 Å². The van der Waals surface area contributed by atoms with Gasteiger partial charge < -0.3 is 39.0 Å². The molecule has 0 aromatic rings. The Morgan fingerprint density at radius 1 is 0.429 bits per heavy atom.